The molecule has 19 heavy (non-hydrogen) atoms. The Bertz CT molecular complexity index is 517. The first-order chi connectivity index (χ1) is 9.02. The van der Waals surface area contributed by atoms with Crippen LogP contribution in [0.25, 0.3) is 0 Å². The number of hydrogen-bond acceptors (Lipinski definition) is 8. The molecule has 1 fully saturated rings. The lowest BCUT2D eigenvalue weighted by Gasteiger charge is -2.32. The minimum Gasteiger partial charge on any atom is -0.407 e. The van der Waals surface area contributed by atoms with E-state index >= 15 is 0 Å². The van der Waals surface area contributed by atoms with Gasteiger partial charge in [-0.15, -0.1) is 5.10 Å². The lowest BCUT2D eigenvalue weighted by Crippen LogP contribution is -2.47. The van der Waals surface area contributed by atoms with Crippen molar-refractivity contribution in [2.75, 3.05) is 35.8 Å². The van der Waals surface area contributed by atoms with Crippen molar-refractivity contribution in [1.82, 2.24) is 15.5 Å². The summed E-state index contributed by atoms with van der Waals surface area (Å²) in [5, 5.41) is 10.4. The highest BCUT2D eigenvalue weighted by atomic mass is 32.2. The fourth-order valence-corrected chi connectivity index (χ4v) is 4.63. The fourth-order valence-electron chi connectivity index (χ4n) is 1.82. The average molecular weight is 306 g/mol. The maximum absolute atomic E-state index is 11.8. The predicted octanol–water partition coefficient (Wildman–Crippen LogP) is 0.103. The van der Waals surface area contributed by atoms with E-state index < -0.39 is 15.2 Å². The summed E-state index contributed by atoms with van der Waals surface area (Å²) in [6.45, 7) is 3.89. The van der Waals surface area contributed by atoms with Gasteiger partial charge >= 0.3 is 6.01 Å². The Morgan fingerprint density at radius 3 is 3.00 bits per heavy atom. The lowest BCUT2D eigenvalue weighted by molar-refractivity contribution is 0.461. The van der Waals surface area contributed by atoms with Gasteiger partial charge in [0.1, 0.15) is 5.37 Å². The average Bonchev–Trinajstić information content (AvgIpc) is 2.84. The molecule has 2 heterocycles. The Morgan fingerprint density at radius 1 is 1.53 bits per heavy atom. The molecular formula is C10H18N4O3S2. The van der Waals surface area contributed by atoms with Crippen LogP contribution in [-0.2, 0) is 16.4 Å². The van der Waals surface area contributed by atoms with Crippen molar-refractivity contribution in [1.29, 1.82) is 0 Å². The summed E-state index contributed by atoms with van der Waals surface area (Å²) in [6, 6.07) is 0.295. The fraction of sp³-hybridized carbons (Fsp3) is 0.800. The highest BCUT2D eigenvalue weighted by Crippen LogP contribution is 2.25. The molecule has 1 aliphatic rings. The summed E-state index contributed by atoms with van der Waals surface area (Å²) in [5.74, 6) is 1.86. The number of sulfone groups is 1. The number of rotatable bonds is 5. The van der Waals surface area contributed by atoms with E-state index in [0.717, 1.165) is 12.3 Å². The molecule has 1 saturated heterocycles. The largest absolute Gasteiger partial charge is 0.407 e. The molecule has 1 unspecified atom stereocenters. The van der Waals surface area contributed by atoms with Gasteiger partial charge < -0.3 is 14.6 Å². The highest BCUT2D eigenvalue weighted by Gasteiger charge is 2.34. The van der Waals surface area contributed by atoms with E-state index in [4.69, 9.17) is 4.42 Å². The van der Waals surface area contributed by atoms with E-state index in [1.807, 2.05) is 6.92 Å². The van der Waals surface area contributed by atoms with E-state index in [1.54, 1.807) is 16.7 Å². The van der Waals surface area contributed by atoms with Crippen LogP contribution in [0.15, 0.2) is 4.42 Å². The molecule has 1 N–H and O–H groups in total. The van der Waals surface area contributed by atoms with Crippen LogP contribution in [0, 0.1) is 0 Å². The summed E-state index contributed by atoms with van der Waals surface area (Å²) < 4.78 is 29.1. The molecule has 1 aliphatic heterocycles. The van der Waals surface area contributed by atoms with Crippen LogP contribution in [0.2, 0.25) is 0 Å². The van der Waals surface area contributed by atoms with Crippen molar-refractivity contribution in [2.24, 2.45) is 0 Å². The van der Waals surface area contributed by atoms with Crippen LogP contribution in [0.1, 0.15) is 12.8 Å². The van der Waals surface area contributed by atoms with Gasteiger partial charge in [-0.1, -0.05) is 12.0 Å². The molecule has 2 rings (SSSR count). The van der Waals surface area contributed by atoms with Crippen molar-refractivity contribution in [2.45, 2.75) is 18.8 Å². The van der Waals surface area contributed by atoms with Gasteiger partial charge in [0.05, 0.1) is 6.54 Å². The molecule has 1 aromatic rings. The van der Waals surface area contributed by atoms with Crippen LogP contribution < -0.4 is 10.2 Å². The minimum absolute atomic E-state index is 0.295. The molecule has 0 radical (unpaired) electrons. The van der Waals surface area contributed by atoms with Gasteiger partial charge in [0.25, 0.3) is 0 Å². The second-order valence-corrected chi connectivity index (χ2v) is 7.66. The standard InChI is InChI=1S/C10H18N4O3S2/c1-3-11-6-8-12-13-10(17-8)14-4-5-18-7-9(14)19(2,15)16/h9,11H,3-7H2,1-2H3. The number of nitrogens with one attached hydrogen (secondary N) is 1. The normalized spacial score (nSPS) is 20.7. The number of thioether (sulfide) groups is 1. The summed E-state index contributed by atoms with van der Waals surface area (Å²) in [4.78, 5) is 1.69. The van der Waals surface area contributed by atoms with Gasteiger partial charge in [-0.2, -0.15) is 11.8 Å². The first kappa shape index (κ1) is 14.6. The SMILES string of the molecule is CCNCc1nnc(N2CCSCC2S(C)(=O)=O)o1. The van der Waals surface area contributed by atoms with E-state index in [-0.39, 0.29) is 0 Å². The van der Waals surface area contributed by atoms with Crippen molar-refractivity contribution in [3.05, 3.63) is 5.89 Å². The van der Waals surface area contributed by atoms with Crippen molar-refractivity contribution in [3.63, 3.8) is 0 Å². The molecule has 1 atom stereocenters. The van der Waals surface area contributed by atoms with E-state index in [0.29, 0.717) is 30.7 Å². The van der Waals surface area contributed by atoms with Gasteiger partial charge in [-0.05, 0) is 6.54 Å². The van der Waals surface area contributed by atoms with Crippen LogP contribution >= 0.6 is 11.8 Å². The van der Waals surface area contributed by atoms with Crippen molar-refractivity contribution < 1.29 is 12.8 Å². The summed E-state index contributed by atoms with van der Waals surface area (Å²) in [6.07, 6.45) is 1.24. The van der Waals surface area contributed by atoms with Crippen molar-refractivity contribution >= 4 is 27.6 Å². The van der Waals surface area contributed by atoms with Crippen LogP contribution in [0.5, 0.6) is 0 Å². The zero-order valence-electron chi connectivity index (χ0n) is 11.0. The molecule has 0 amide bonds. The first-order valence-corrected chi connectivity index (χ1v) is 9.19. The second-order valence-electron chi connectivity index (χ2n) is 4.31. The number of nitrogens with zero attached hydrogens (tertiary/aromatic N) is 3. The molecule has 0 bridgehead atoms. The predicted molar refractivity (Wildman–Crippen MR) is 75.0 cm³/mol. The zero-order valence-corrected chi connectivity index (χ0v) is 12.6. The molecule has 0 spiro atoms. The third-order valence-electron chi connectivity index (χ3n) is 2.81. The smallest absolute Gasteiger partial charge is 0.319 e. The Balaban J connectivity index is 2.16. The van der Waals surface area contributed by atoms with Crippen LogP contribution in [0.4, 0.5) is 6.01 Å². The number of aromatic nitrogens is 2. The quantitative estimate of drug-likeness (QED) is 0.819. The Kier molecular flexibility index (Phi) is 4.69. The molecule has 0 saturated carbocycles. The molecular weight excluding hydrogens is 288 g/mol. The van der Waals surface area contributed by atoms with Crippen LogP contribution in [0.3, 0.4) is 0 Å². The Hall–Kier alpha value is -0.800. The molecule has 9 heteroatoms. The first-order valence-electron chi connectivity index (χ1n) is 6.08. The monoisotopic (exact) mass is 306 g/mol. The van der Waals surface area contributed by atoms with Gasteiger partial charge in [-0.25, -0.2) is 8.42 Å². The van der Waals surface area contributed by atoms with Crippen LogP contribution in [-0.4, -0.2) is 54.8 Å². The van der Waals surface area contributed by atoms with E-state index in [9.17, 15) is 8.42 Å². The third kappa shape index (κ3) is 3.61. The van der Waals surface area contributed by atoms with Gasteiger partial charge in [0.15, 0.2) is 9.84 Å². The maximum Gasteiger partial charge on any atom is 0.319 e. The summed E-state index contributed by atoms with van der Waals surface area (Å²) in [5.41, 5.74) is 0. The molecule has 0 aliphatic carbocycles. The van der Waals surface area contributed by atoms with Gasteiger partial charge in [0.2, 0.25) is 5.89 Å². The van der Waals surface area contributed by atoms with Crippen molar-refractivity contribution in [3.8, 4) is 0 Å². The topological polar surface area (TPSA) is 88.3 Å². The molecule has 1 aromatic heterocycles. The minimum atomic E-state index is -3.17. The van der Waals surface area contributed by atoms with E-state index in [1.165, 1.54) is 6.26 Å². The Morgan fingerprint density at radius 2 is 2.32 bits per heavy atom. The molecule has 0 aromatic carbocycles. The van der Waals surface area contributed by atoms with Gasteiger partial charge in [0, 0.05) is 24.3 Å². The summed E-state index contributed by atoms with van der Waals surface area (Å²) >= 11 is 1.63. The highest BCUT2D eigenvalue weighted by molar-refractivity contribution is 8.01. The molecule has 108 valence electrons. The van der Waals surface area contributed by atoms with E-state index in [2.05, 4.69) is 15.5 Å². The maximum atomic E-state index is 11.8. The number of anilines is 1. The van der Waals surface area contributed by atoms with Gasteiger partial charge in [-0.3, -0.25) is 0 Å². The number of hydrogen-bond donors (Lipinski definition) is 1. The summed E-state index contributed by atoms with van der Waals surface area (Å²) in [7, 11) is -3.17. The lowest BCUT2D eigenvalue weighted by atomic mass is 10.5. The third-order valence-corrected chi connectivity index (χ3v) is 5.45. The zero-order chi connectivity index (χ0) is 13.9. The molecule has 7 nitrogen and oxygen atoms in total. The second kappa shape index (κ2) is 6.10. The Labute approximate surface area is 117 Å².